The van der Waals surface area contributed by atoms with Crippen molar-refractivity contribution in [1.29, 1.82) is 0 Å². The molecule has 1 aliphatic rings. The second-order valence-corrected chi connectivity index (χ2v) is 7.58. The Morgan fingerprint density at radius 3 is 2.63 bits per heavy atom. The van der Waals surface area contributed by atoms with Crippen molar-refractivity contribution in [2.45, 2.75) is 45.6 Å². The molecule has 0 saturated heterocycles. The van der Waals surface area contributed by atoms with Gasteiger partial charge in [0.15, 0.2) is 5.78 Å². The van der Waals surface area contributed by atoms with Gasteiger partial charge in [-0.15, -0.1) is 0 Å². The third kappa shape index (κ3) is 5.29. The molecule has 1 aromatic carbocycles. The van der Waals surface area contributed by atoms with Crippen LogP contribution in [0.4, 0.5) is 9.18 Å². The molecule has 0 aromatic heterocycles. The summed E-state index contributed by atoms with van der Waals surface area (Å²) in [5.41, 5.74) is -0.555. The van der Waals surface area contributed by atoms with E-state index in [2.05, 4.69) is 5.10 Å². The van der Waals surface area contributed by atoms with Gasteiger partial charge in [-0.05, 0) is 51.8 Å². The predicted molar refractivity (Wildman–Crippen MR) is 101 cm³/mol. The lowest BCUT2D eigenvalue weighted by Gasteiger charge is -2.24. The molecule has 1 N–H and O–H groups in total. The molecule has 27 heavy (non-hydrogen) atoms. The van der Waals surface area contributed by atoms with E-state index in [1.807, 2.05) is 0 Å². The number of carbonyl (C=O) groups is 2. The van der Waals surface area contributed by atoms with Crippen molar-refractivity contribution in [3.05, 3.63) is 40.2 Å². The van der Waals surface area contributed by atoms with Gasteiger partial charge in [0, 0.05) is 19.0 Å². The molecule has 0 radical (unpaired) electrons. The van der Waals surface area contributed by atoms with E-state index < -0.39 is 23.3 Å². The van der Waals surface area contributed by atoms with Crippen LogP contribution in [0.5, 0.6) is 0 Å². The number of ketones is 1. The molecule has 0 aliphatic heterocycles. The molecule has 1 aromatic rings. The smallest absolute Gasteiger partial charge is 0.430 e. The largest absolute Gasteiger partial charge is 0.506 e. The normalized spacial score (nSPS) is 18.4. The number of aliphatic hydroxyl groups excluding tert-OH is 1. The Labute approximate surface area is 162 Å². The fourth-order valence-corrected chi connectivity index (χ4v) is 2.77. The van der Waals surface area contributed by atoms with E-state index in [1.165, 1.54) is 13.1 Å². The van der Waals surface area contributed by atoms with Gasteiger partial charge < -0.3 is 9.84 Å². The zero-order valence-corrected chi connectivity index (χ0v) is 16.4. The fourth-order valence-electron chi connectivity index (χ4n) is 2.56. The minimum Gasteiger partial charge on any atom is -0.506 e. The van der Waals surface area contributed by atoms with Crippen LogP contribution in [-0.4, -0.2) is 40.4 Å². The minimum absolute atomic E-state index is 0.00506. The molecule has 0 bridgehead atoms. The van der Waals surface area contributed by atoms with E-state index in [0.29, 0.717) is 12.8 Å². The first-order valence-corrected chi connectivity index (χ1v) is 8.84. The zero-order valence-electron chi connectivity index (χ0n) is 15.7. The lowest BCUT2D eigenvalue weighted by atomic mass is 9.89. The number of ether oxygens (including phenoxy) is 1. The van der Waals surface area contributed by atoms with E-state index in [4.69, 9.17) is 16.3 Å². The maximum Gasteiger partial charge on any atom is 0.430 e. The van der Waals surface area contributed by atoms with Gasteiger partial charge in [0.25, 0.3) is 0 Å². The van der Waals surface area contributed by atoms with E-state index in [1.54, 1.807) is 20.8 Å². The molecule has 0 atom stereocenters. The van der Waals surface area contributed by atoms with Gasteiger partial charge in [-0.2, -0.15) is 5.10 Å². The van der Waals surface area contributed by atoms with Gasteiger partial charge in [0.1, 0.15) is 17.2 Å². The molecule has 2 rings (SSSR count). The molecule has 1 amide bonds. The molecule has 1 saturated carbocycles. The van der Waals surface area contributed by atoms with Crippen molar-refractivity contribution >= 4 is 34.9 Å². The van der Waals surface area contributed by atoms with Gasteiger partial charge in [-0.3, -0.25) is 4.79 Å². The zero-order chi connectivity index (χ0) is 20.4. The Morgan fingerprint density at radius 2 is 2.00 bits per heavy atom. The van der Waals surface area contributed by atoms with E-state index in [0.717, 1.165) is 17.1 Å². The quantitative estimate of drug-likeness (QED) is 0.445. The van der Waals surface area contributed by atoms with E-state index in [-0.39, 0.29) is 34.1 Å². The summed E-state index contributed by atoms with van der Waals surface area (Å²) in [6.45, 7) is 5.16. The lowest BCUT2D eigenvalue weighted by Crippen LogP contribution is -2.33. The molecule has 146 valence electrons. The van der Waals surface area contributed by atoms with Crippen LogP contribution >= 0.6 is 11.6 Å². The van der Waals surface area contributed by atoms with E-state index in [9.17, 15) is 19.1 Å². The van der Waals surface area contributed by atoms with Crippen LogP contribution in [0.15, 0.2) is 28.9 Å². The summed E-state index contributed by atoms with van der Waals surface area (Å²) in [6.07, 6.45) is 0.399. The van der Waals surface area contributed by atoms with Crippen molar-refractivity contribution in [2.24, 2.45) is 5.10 Å². The standard InChI is InChI=1S/C19H22ClFN2O4/c1-19(2,3)27-18(26)23(4)22-14-6-5-7-15(24)16(14)17(25)12-10-11(21)8-9-13(12)20/h8-10,25H,5-7H2,1-4H3. The topological polar surface area (TPSA) is 79.2 Å². The van der Waals surface area contributed by atoms with Crippen LogP contribution in [0.2, 0.25) is 5.02 Å². The number of hydrogen-bond donors (Lipinski definition) is 1. The maximum absolute atomic E-state index is 13.6. The second kappa shape index (κ2) is 8.08. The van der Waals surface area contributed by atoms with Gasteiger partial charge in [-0.25, -0.2) is 14.2 Å². The number of hydrogen-bond acceptors (Lipinski definition) is 5. The number of Topliss-reactive ketones (excluding diaryl/α,β-unsaturated/α-hetero) is 1. The highest BCUT2D eigenvalue weighted by atomic mass is 35.5. The van der Waals surface area contributed by atoms with Gasteiger partial charge in [0.2, 0.25) is 0 Å². The summed E-state index contributed by atoms with van der Waals surface area (Å²) in [5.74, 6) is -1.41. The minimum atomic E-state index is -0.705. The average molecular weight is 397 g/mol. The Bertz CT molecular complexity index is 827. The fraction of sp³-hybridized carbons (Fsp3) is 0.421. The number of rotatable bonds is 2. The third-order valence-corrected chi connectivity index (χ3v) is 4.06. The monoisotopic (exact) mass is 396 g/mol. The maximum atomic E-state index is 13.6. The van der Waals surface area contributed by atoms with Gasteiger partial charge >= 0.3 is 6.09 Å². The van der Waals surface area contributed by atoms with Crippen molar-refractivity contribution < 1.29 is 23.8 Å². The first-order chi connectivity index (χ1) is 12.5. The SMILES string of the molecule is CN(N=C1CCCC(=O)C1=C(O)c1cc(F)ccc1Cl)C(=O)OC(C)(C)C. The third-order valence-electron chi connectivity index (χ3n) is 3.73. The number of carbonyl (C=O) groups excluding carboxylic acids is 2. The average Bonchev–Trinajstić information content (AvgIpc) is 2.55. The number of aliphatic hydroxyl groups is 1. The highest BCUT2D eigenvalue weighted by molar-refractivity contribution is 6.33. The van der Waals surface area contributed by atoms with Crippen LogP contribution in [0.1, 0.15) is 45.6 Å². The predicted octanol–water partition coefficient (Wildman–Crippen LogP) is 4.72. The van der Waals surface area contributed by atoms with Gasteiger partial charge in [-0.1, -0.05) is 11.6 Å². The number of allylic oxidation sites excluding steroid dienone is 1. The molecular formula is C19H22ClFN2O4. The molecule has 1 fully saturated rings. The molecule has 6 nitrogen and oxygen atoms in total. The second-order valence-electron chi connectivity index (χ2n) is 7.18. The van der Waals surface area contributed by atoms with Crippen LogP contribution in [0.25, 0.3) is 5.76 Å². The highest BCUT2D eigenvalue weighted by Crippen LogP contribution is 2.30. The molecule has 0 spiro atoms. The number of amides is 1. The van der Waals surface area contributed by atoms with Crippen molar-refractivity contribution in [3.8, 4) is 0 Å². The summed E-state index contributed by atoms with van der Waals surface area (Å²) in [6, 6.07) is 3.49. The molecule has 0 heterocycles. The van der Waals surface area contributed by atoms with Crippen molar-refractivity contribution in [3.63, 3.8) is 0 Å². The Kier molecular flexibility index (Phi) is 6.26. The first-order valence-electron chi connectivity index (χ1n) is 8.46. The summed E-state index contributed by atoms with van der Waals surface area (Å²) in [4.78, 5) is 24.5. The Morgan fingerprint density at radius 1 is 1.33 bits per heavy atom. The summed E-state index contributed by atoms with van der Waals surface area (Å²) < 4.78 is 18.8. The number of halogens is 2. The summed E-state index contributed by atoms with van der Waals surface area (Å²) in [7, 11) is 1.39. The van der Waals surface area contributed by atoms with Crippen LogP contribution in [0.3, 0.4) is 0 Å². The molecule has 1 aliphatic carbocycles. The summed E-state index contributed by atoms with van der Waals surface area (Å²) >= 11 is 6.04. The van der Waals surface area contributed by atoms with Crippen LogP contribution in [0, 0.1) is 5.82 Å². The molecule has 8 heteroatoms. The Hall–Kier alpha value is -2.41. The Balaban J connectivity index is 2.46. The number of hydrazone groups is 1. The van der Waals surface area contributed by atoms with Gasteiger partial charge in [0.05, 0.1) is 16.3 Å². The molecular weight excluding hydrogens is 375 g/mol. The first kappa shape index (κ1) is 20.9. The van der Waals surface area contributed by atoms with E-state index >= 15 is 0 Å². The lowest BCUT2D eigenvalue weighted by molar-refractivity contribution is -0.115. The van der Waals surface area contributed by atoms with Crippen LogP contribution < -0.4 is 0 Å². The van der Waals surface area contributed by atoms with Crippen LogP contribution in [-0.2, 0) is 9.53 Å². The van der Waals surface area contributed by atoms with Crippen molar-refractivity contribution in [2.75, 3.05) is 7.05 Å². The molecule has 0 unspecified atom stereocenters. The number of benzene rings is 1. The number of nitrogens with zero attached hydrogens (tertiary/aromatic N) is 2. The summed E-state index contributed by atoms with van der Waals surface area (Å²) in [5, 5.41) is 15.8. The van der Waals surface area contributed by atoms with Crippen molar-refractivity contribution in [1.82, 2.24) is 5.01 Å². The highest BCUT2D eigenvalue weighted by Gasteiger charge is 2.29.